The Hall–Kier alpha value is -5.86. The van der Waals surface area contributed by atoms with E-state index >= 15 is 0 Å². The van der Waals surface area contributed by atoms with Crippen LogP contribution in [-0.4, -0.2) is 78.3 Å². The Morgan fingerprint density at radius 3 is 1.71 bits per heavy atom. The maximum absolute atomic E-state index is 12.0. The Kier molecular flexibility index (Phi) is 20.5. The number of primary amides is 1. The second-order valence-corrected chi connectivity index (χ2v) is 14.8. The first-order valence-corrected chi connectivity index (χ1v) is 20.5. The second kappa shape index (κ2) is 25.5. The molecule has 2 aromatic heterocycles. The van der Waals surface area contributed by atoms with Crippen molar-refractivity contribution in [1.82, 2.24) is 35.9 Å². The van der Waals surface area contributed by atoms with Crippen molar-refractivity contribution in [3.8, 4) is 34.3 Å². The van der Waals surface area contributed by atoms with Crippen molar-refractivity contribution < 1.29 is 33.4 Å². The number of alkyl carbamates (subject to hydrolysis) is 1. The molecular weight excluding hydrogens is 753 g/mol. The largest absolute Gasteiger partial charge is 0.457 e. The number of carbonyl (C=O) groups excluding carboxylic acids is 4. The van der Waals surface area contributed by atoms with Crippen molar-refractivity contribution in [2.24, 2.45) is 17.6 Å². The Morgan fingerprint density at radius 1 is 0.746 bits per heavy atom. The third kappa shape index (κ3) is 16.9. The summed E-state index contributed by atoms with van der Waals surface area (Å²) in [6.45, 7) is 9.89. The predicted molar refractivity (Wildman–Crippen MR) is 229 cm³/mol. The van der Waals surface area contributed by atoms with Crippen LogP contribution in [0.1, 0.15) is 102 Å². The maximum atomic E-state index is 12.0. The smallest absolute Gasteiger partial charge is 0.406 e. The number of imidazole rings is 2. The van der Waals surface area contributed by atoms with E-state index in [1.807, 2.05) is 18.5 Å². The number of hydrogen-bond acceptors (Lipinski definition) is 9. The Labute approximate surface area is 348 Å². The molecule has 15 heteroatoms. The van der Waals surface area contributed by atoms with Gasteiger partial charge in [-0.3, -0.25) is 9.59 Å². The molecule has 2 unspecified atom stereocenters. The zero-order valence-electron chi connectivity index (χ0n) is 35.8. The summed E-state index contributed by atoms with van der Waals surface area (Å²) in [5.74, 6) is 4.57. The third-order valence-electron chi connectivity index (χ3n) is 9.97. The first-order valence-electron chi connectivity index (χ1n) is 20.5. The van der Waals surface area contributed by atoms with Gasteiger partial charge in [0.15, 0.2) is 0 Å². The first kappa shape index (κ1) is 47.5. The Morgan fingerprint density at radius 2 is 1.25 bits per heavy atom. The molecule has 4 amide bonds. The molecule has 0 saturated carbocycles. The minimum atomic E-state index is -0.745. The Bertz CT molecular complexity index is 1800. The molecule has 59 heavy (non-hydrogen) atoms. The molecule has 0 spiro atoms. The highest BCUT2D eigenvalue weighted by atomic mass is 16.5. The van der Waals surface area contributed by atoms with Crippen molar-refractivity contribution in [3.05, 3.63) is 71.3 Å². The number of ether oxygens (including phenoxy) is 3. The number of nitrogens with two attached hydrogens (primary N) is 1. The van der Waals surface area contributed by atoms with E-state index in [1.54, 1.807) is 0 Å². The number of aromatic nitrogens is 4. The van der Waals surface area contributed by atoms with Crippen LogP contribution >= 0.6 is 0 Å². The summed E-state index contributed by atoms with van der Waals surface area (Å²) in [5.41, 5.74) is 10.9. The number of unbranched alkanes of at least 4 members (excludes halogenated alkanes) is 2. The number of H-pyrrole nitrogens is 2. The van der Waals surface area contributed by atoms with Crippen LogP contribution in [0.5, 0.6) is 11.5 Å². The number of aromatic amines is 2. The van der Waals surface area contributed by atoms with E-state index in [2.05, 4.69) is 109 Å². The van der Waals surface area contributed by atoms with Crippen LogP contribution in [0, 0.1) is 11.8 Å². The van der Waals surface area contributed by atoms with E-state index < -0.39 is 12.2 Å². The molecule has 322 valence electrons. The van der Waals surface area contributed by atoms with Gasteiger partial charge in [0.05, 0.1) is 14.2 Å². The molecule has 0 radical (unpaired) electrons. The van der Waals surface area contributed by atoms with Crippen molar-refractivity contribution in [2.75, 3.05) is 34.4 Å². The highest BCUT2D eigenvalue weighted by Gasteiger charge is 2.20. The maximum Gasteiger partial charge on any atom is 0.406 e. The van der Waals surface area contributed by atoms with Gasteiger partial charge < -0.3 is 45.9 Å². The summed E-state index contributed by atoms with van der Waals surface area (Å²) in [6.07, 6.45) is 12.4. The van der Waals surface area contributed by atoms with Gasteiger partial charge in [-0.15, -0.1) is 0 Å². The van der Waals surface area contributed by atoms with Gasteiger partial charge in [0, 0.05) is 79.9 Å². The van der Waals surface area contributed by atoms with E-state index in [-0.39, 0.29) is 11.8 Å². The number of methoxy groups -OCH3 is 2. The van der Waals surface area contributed by atoms with Crippen LogP contribution < -0.4 is 26.4 Å². The molecule has 0 fully saturated rings. The lowest BCUT2D eigenvalue weighted by molar-refractivity contribution is -0.122. The zero-order chi connectivity index (χ0) is 43.2. The van der Waals surface area contributed by atoms with Crippen LogP contribution in [0.4, 0.5) is 9.59 Å². The molecule has 5 rings (SSSR count). The van der Waals surface area contributed by atoms with E-state index in [9.17, 15) is 19.2 Å². The van der Waals surface area contributed by atoms with E-state index in [0.717, 1.165) is 115 Å². The summed E-state index contributed by atoms with van der Waals surface area (Å²) < 4.78 is 14.4. The monoisotopic (exact) mass is 816 g/mol. The number of nitrogens with zero attached hydrogens (tertiary/aromatic N) is 2. The van der Waals surface area contributed by atoms with Crippen LogP contribution in [0.3, 0.4) is 0 Å². The zero-order valence-corrected chi connectivity index (χ0v) is 35.8. The number of rotatable bonds is 18. The van der Waals surface area contributed by atoms with E-state index in [0.29, 0.717) is 37.8 Å². The molecule has 0 bridgehead atoms. The molecule has 1 aliphatic heterocycles. The lowest BCUT2D eigenvalue weighted by Gasteiger charge is -2.21. The quantitative estimate of drug-likeness (QED) is 0.0480. The Balaban J connectivity index is 0.000000747. The lowest BCUT2D eigenvalue weighted by atomic mass is 9.97. The molecule has 0 saturated heterocycles. The van der Waals surface area contributed by atoms with Gasteiger partial charge in [-0.1, -0.05) is 52.7 Å². The fourth-order valence-electron chi connectivity index (χ4n) is 6.00. The molecule has 2 atom stereocenters. The topological polar surface area (TPSA) is 215 Å². The fraction of sp³-hybridized carbons (Fsp3) is 0.500. The number of nitrogens with one attached hydrogen (secondary N) is 5. The van der Waals surface area contributed by atoms with Gasteiger partial charge >= 0.3 is 12.2 Å². The lowest BCUT2D eigenvalue weighted by Crippen LogP contribution is -2.25. The van der Waals surface area contributed by atoms with Gasteiger partial charge in [0.2, 0.25) is 11.8 Å². The average Bonchev–Trinajstić information content (AvgIpc) is 3.92. The number of benzene rings is 2. The molecule has 7 N–H and O–H groups in total. The summed E-state index contributed by atoms with van der Waals surface area (Å²) >= 11 is 0. The predicted octanol–water partition coefficient (Wildman–Crippen LogP) is 7.60. The second-order valence-electron chi connectivity index (χ2n) is 14.8. The molecule has 0 aliphatic carbocycles. The van der Waals surface area contributed by atoms with Crippen molar-refractivity contribution >= 4 is 24.0 Å². The number of amides is 4. The highest BCUT2D eigenvalue weighted by Crippen LogP contribution is 2.39. The molecule has 2 aromatic carbocycles. The van der Waals surface area contributed by atoms with Crippen LogP contribution in [0.2, 0.25) is 0 Å². The minimum absolute atomic E-state index is 0.150. The normalized spacial score (nSPS) is 12.1. The number of hydrogen-bond donors (Lipinski definition) is 6. The molecule has 4 aromatic rings. The highest BCUT2D eigenvalue weighted by molar-refractivity contribution is 5.76. The standard InChI is InChI=1S/C39H52N6O3.C3H7NO2.C2H5NO2/c1-5-26(3)19-36(46)40-17-9-7-11-32-24-42-38(44-32)29-15-16-34-31(22-29)21-28-13-14-30(23-35(28)48-34)39-43-25-33(45-39)12-8-10-18-41-37(47)20-27(4)6-2;1-4-3(5)6-2;1-5-2(3)4/h13-16,22-27H,5-12,17-21H2,1-4H3,(H,40,46)(H,41,47)(H,42,44)(H,43,45);1-2H3,(H,4,5);1H3,(H2,3,4). The SMILES string of the molecule is CCC(C)CC(=O)NCCCCc1cnc(-c2ccc3c(c2)Cc2ccc(-c4ncc(CCCCNC(=O)CC(C)CC)[nH]4)cc2O3)[nH]1.CNC(=O)OC.COC(N)=O. The number of carbonyl (C=O) groups is 4. The number of aryl methyl sites for hydroxylation is 2. The minimum Gasteiger partial charge on any atom is -0.457 e. The van der Waals surface area contributed by atoms with Gasteiger partial charge in [-0.2, -0.15) is 0 Å². The summed E-state index contributed by atoms with van der Waals surface area (Å²) in [5, 5.41) is 8.33. The van der Waals surface area contributed by atoms with Crippen molar-refractivity contribution in [2.45, 2.75) is 98.3 Å². The summed E-state index contributed by atoms with van der Waals surface area (Å²) in [7, 11) is 4.05. The van der Waals surface area contributed by atoms with Crippen LogP contribution in [-0.2, 0) is 38.3 Å². The third-order valence-corrected chi connectivity index (χ3v) is 9.97. The average molecular weight is 817 g/mol. The molecule has 15 nitrogen and oxygen atoms in total. The molecule has 3 heterocycles. The van der Waals surface area contributed by atoms with Gasteiger partial charge in [-0.05, 0) is 80.2 Å². The van der Waals surface area contributed by atoms with E-state index in [1.165, 1.54) is 21.3 Å². The first-order chi connectivity index (χ1) is 28.4. The van der Waals surface area contributed by atoms with Gasteiger partial charge in [0.1, 0.15) is 23.1 Å². The van der Waals surface area contributed by atoms with Gasteiger partial charge in [-0.25, -0.2) is 19.6 Å². The van der Waals surface area contributed by atoms with Crippen LogP contribution in [0.25, 0.3) is 22.8 Å². The molecular formula is C44H64N8O7. The summed E-state index contributed by atoms with van der Waals surface area (Å²) in [6, 6.07) is 12.5. The molecule has 1 aliphatic rings. The van der Waals surface area contributed by atoms with Crippen molar-refractivity contribution in [1.29, 1.82) is 0 Å². The van der Waals surface area contributed by atoms with E-state index in [4.69, 9.17) is 4.74 Å². The van der Waals surface area contributed by atoms with Crippen LogP contribution in [0.15, 0.2) is 48.8 Å². The summed E-state index contributed by atoms with van der Waals surface area (Å²) in [4.78, 5) is 59.4. The van der Waals surface area contributed by atoms with Crippen molar-refractivity contribution in [3.63, 3.8) is 0 Å². The fourth-order valence-corrected chi connectivity index (χ4v) is 6.00. The number of fused-ring (bicyclic) bond motifs is 2. The van der Waals surface area contributed by atoms with Gasteiger partial charge in [0.25, 0.3) is 0 Å².